The van der Waals surface area contributed by atoms with Crippen molar-refractivity contribution >= 4 is 28.9 Å². The van der Waals surface area contributed by atoms with Crippen LogP contribution in [-0.2, 0) is 4.79 Å². The number of hydrogen-bond acceptors (Lipinski definition) is 6. The third-order valence-electron chi connectivity index (χ3n) is 4.49. The zero-order chi connectivity index (χ0) is 20.1. The van der Waals surface area contributed by atoms with E-state index in [2.05, 4.69) is 5.32 Å². The molecular formula is C20H21N3O5. The Labute approximate surface area is 162 Å². The van der Waals surface area contributed by atoms with Crippen molar-refractivity contribution in [1.29, 1.82) is 0 Å². The Morgan fingerprint density at radius 2 is 1.75 bits per heavy atom. The van der Waals surface area contributed by atoms with Crippen LogP contribution < -0.4 is 15.0 Å². The second kappa shape index (κ2) is 8.51. The number of nitrogens with one attached hydrogen (secondary N) is 1. The molecular weight excluding hydrogens is 362 g/mol. The SMILES string of the molecule is CC(=O)Nc1ccc(OC(=O)c2ccc(N3CCCCC3)c([N+](=O)[O-])c2)cc1. The minimum absolute atomic E-state index is 0.0997. The number of amides is 1. The molecule has 8 nitrogen and oxygen atoms in total. The van der Waals surface area contributed by atoms with E-state index in [9.17, 15) is 19.7 Å². The Bertz CT molecular complexity index is 889. The van der Waals surface area contributed by atoms with Gasteiger partial charge in [0.25, 0.3) is 5.69 Å². The topological polar surface area (TPSA) is 102 Å². The summed E-state index contributed by atoms with van der Waals surface area (Å²) >= 11 is 0. The molecule has 1 fully saturated rings. The second-order valence-electron chi connectivity index (χ2n) is 6.60. The first-order valence-electron chi connectivity index (χ1n) is 9.07. The van der Waals surface area contributed by atoms with Crippen molar-refractivity contribution in [3.8, 4) is 5.75 Å². The van der Waals surface area contributed by atoms with Gasteiger partial charge >= 0.3 is 5.97 Å². The normalized spacial score (nSPS) is 13.7. The summed E-state index contributed by atoms with van der Waals surface area (Å²) in [6.45, 7) is 2.94. The van der Waals surface area contributed by atoms with Gasteiger partial charge in [0.1, 0.15) is 11.4 Å². The molecule has 0 spiro atoms. The highest BCUT2D eigenvalue weighted by atomic mass is 16.6. The summed E-state index contributed by atoms with van der Waals surface area (Å²) in [4.78, 5) is 36.5. The summed E-state index contributed by atoms with van der Waals surface area (Å²) in [5, 5.41) is 14.1. The van der Waals surface area contributed by atoms with Gasteiger partial charge in [-0.3, -0.25) is 14.9 Å². The number of piperidine rings is 1. The predicted molar refractivity (Wildman–Crippen MR) is 105 cm³/mol. The zero-order valence-corrected chi connectivity index (χ0v) is 15.5. The standard InChI is InChI=1S/C20H21N3O5/c1-14(24)21-16-6-8-17(9-7-16)28-20(25)15-5-10-18(19(13-15)23(26)27)22-11-3-2-4-12-22/h5-10,13H,2-4,11-12H2,1H3,(H,21,24). The minimum atomic E-state index is -0.680. The summed E-state index contributed by atoms with van der Waals surface area (Å²) in [6.07, 6.45) is 3.11. The molecule has 1 aliphatic rings. The molecule has 0 saturated carbocycles. The lowest BCUT2D eigenvalue weighted by Crippen LogP contribution is -2.30. The lowest BCUT2D eigenvalue weighted by Gasteiger charge is -2.28. The molecule has 0 unspecified atom stereocenters. The Morgan fingerprint density at radius 3 is 2.36 bits per heavy atom. The summed E-state index contributed by atoms with van der Waals surface area (Å²) in [6, 6.07) is 10.7. The van der Waals surface area contributed by atoms with Crippen LogP contribution >= 0.6 is 0 Å². The first kappa shape index (κ1) is 19.3. The van der Waals surface area contributed by atoms with Gasteiger partial charge in [0.05, 0.1) is 10.5 Å². The number of nitro groups is 1. The molecule has 0 radical (unpaired) electrons. The molecule has 2 aromatic rings. The van der Waals surface area contributed by atoms with Gasteiger partial charge in [0.2, 0.25) is 5.91 Å². The fraction of sp³-hybridized carbons (Fsp3) is 0.300. The third-order valence-corrected chi connectivity index (χ3v) is 4.49. The Kier molecular flexibility index (Phi) is 5.88. The highest BCUT2D eigenvalue weighted by molar-refractivity contribution is 5.93. The van der Waals surface area contributed by atoms with Gasteiger partial charge < -0.3 is 15.0 Å². The molecule has 8 heteroatoms. The first-order valence-corrected chi connectivity index (χ1v) is 9.07. The number of nitrogens with zero attached hydrogens (tertiary/aromatic N) is 2. The molecule has 1 aliphatic heterocycles. The molecule has 28 heavy (non-hydrogen) atoms. The van der Waals surface area contributed by atoms with E-state index in [4.69, 9.17) is 4.74 Å². The van der Waals surface area contributed by atoms with Crippen LogP contribution in [0.15, 0.2) is 42.5 Å². The van der Waals surface area contributed by atoms with E-state index >= 15 is 0 Å². The number of anilines is 2. The number of nitro benzene ring substituents is 1. The highest BCUT2D eigenvalue weighted by Crippen LogP contribution is 2.31. The fourth-order valence-corrected chi connectivity index (χ4v) is 3.17. The average Bonchev–Trinajstić information content (AvgIpc) is 2.69. The van der Waals surface area contributed by atoms with E-state index in [1.807, 2.05) is 4.90 Å². The van der Waals surface area contributed by atoms with E-state index in [1.165, 1.54) is 13.0 Å². The third kappa shape index (κ3) is 4.64. The Hall–Kier alpha value is -3.42. The van der Waals surface area contributed by atoms with Crippen molar-refractivity contribution in [2.45, 2.75) is 26.2 Å². The summed E-state index contributed by atoms with van der Waals surface area (Å²) in [7, 11) is 0. The molecule has 1 amide bonds. The maximum atomic E-state index is 12.4. The summed E-state index contributed by atoms with van der Waals surface area (Å²) < 4.78 is 5.29. The van der Waals surface area contributed by atoms with E-state index in [0.717, 1.165) is 32.4 Å². The van der Waals surface area contributed by atoms with Gasteiger partial charge in [-0.15, -0.1) is 0 Å². The zero-order valence-electron chi connectivity index (χ0n) is 15.5. The van der Waals surface area contributed by atoms with Crippen LogP contribution in [0.2, 0.25) is 0 Å². The molecule has 1 saturated heterocycles. The predicted octanol–water partition coefficient (Wildman–Crippen LogP) is 3.76. The van der Waals surface area contributed by atoms with Gasteiger partial charge in [-0.25, -0.2) is 4.79 Å². The maximum Gasteiger partial charge on any atom is 0.343 e. The lowest BCUT2D eigenvalue weighted by atomic mass is 10.1. The number of ether oxygens (including phenoxy) is 1. The first-order chi connectivity index (χ1) is 13.4. The van der Waals surface area contributed by atoms with Crippen molar-refractivity contribution in [3.63, 3.8) is 0 Å². The molecule has 3 rings (SSSR count). The number of rotatable bonds is 5. The lowest BCUT2D eigenvalue weighted by molar-refractivity contribution is -0.384. The quantitative estimate of drug-likeness (QED) is 0.365. The smallest absolute Gasteiger partial charge is 0.343 e. The largest absolute Gasteiger partial charge is 0.423 e. The maximum absolute atomic E-state index is 12.4. The van der Waals surface area contributed by atoms with Crippen molar-refractivity contribution in [3.05, 3.63) is 58.1 Å². The number of carbonyl (C=O) groups excluding carboxylic acids is 2. The van der Waals surface area contributed by atoms with Crippen molar-refractivity contribution < 1.29 is 19.2 Å². The molecule has 0 bridgehead atoms. The monoisotopic (exact) mass is 383 g/mol. The van der Waals surface area contributed by atoms with Gasteiger partial charge in [-0.1, -0.05) is 0 Å². The number of esters is 1. The fourth-order valence-electron chi connectivity index (χ4n) is 3.17. The molecule has 1 heterocycles. The second-order valence-corrected chi connectivity index (χ2v) is 6.60. The summed E-state index contributed by atoms with van der Waals surface area (Å²) in [5.74, 6) is -0.603. The van der Waals surface area contributed by atoms with E-state index in [1.54, 1.807) is 36.4 Å². The summed E-state index contributed by atoms with van der Waals surface area (Å²) in [5.41, 5.74) is 1.12. The van der Waals surface area contributed by atoms with Gasteiger partial charge in [-0.05, 0) is 55.7 Å². The van der Waals surface area contributed by atoms with E-state index < -0.39 is 10.9 Å². The highest BCUT2D eigenvalue weighted by Gasteiger charge is 2.23. The van der Waals surface area contributed by atoms with Crippen LogP contribution in [0.1, 0.15) is 36.5 Å². The van der Waals surface area contributed by atoms with Crippen LogP contribution in [0.4, 0.5) is 17.1 Å². The van der Waals surface area contributed by atoms with Crippen LogP contribution in [0.3, 0.4) is 0 Å². The Morgan fingerprint density at radius 1 is 1.07 bits per heavy atom. The van der Waals surface area contributed by atoms with E-state index in [-0.39, 0.29) is 22.9 Å². The molecule has 0 aromatic heterocycles. The van der Waals surface area contributed by atoms with Crippen LogP contribution in [-0.4, -0.2) is 29.9 Å². The Balaban J connectivity index is 1.77. The van der Waals surface area contributed by atoms with Crippen molar-refractivity contribution in [1.82, 2.24) is 0 Å². The average molecular weight is 383 g/mol. The number of hydrogen-bond donors (Lipinski definition) is 1. The van der Waals surface area contributed by atoms with Gasteiger partial charge in [0.15, 0.2) is 0 Å². The molecule has 0 aliphatic carbocycles. The molecule has 146 valence electrons. The van der Waals surface area contributed by atoms with Crippen LogP contribution in [0.5, 0.6) is 5.75 Å². The van der Waals surface area contributed by atoms with Crippen molar-refractivity contribution in [2.24, 2.45) is 0 Å². The van der Waals surface area contributed by atoms with Crippen LogP contribution in [0.25, 0.3) is 0 Å². The molecule has 2 aromatic carbocycles. The molecule has 0 atom stereocenters. The molecule has 1 N–H and O–H groups in total. The van der Waals surface area contributed by atoms with Gasteiger partial charge in [-0.2, -0.15) is 0 Å². The number of benzene rings is 2. The van der Waals surface area contributed by atoms with Crippen molar-refractivity contribution in [2.75, 3.05) is 23.3 Å². The van der Waals surface area contributed by atoms with E-state index in [0.29, 0.717) is 11.4 Å². The minimum Gasteiger partial charge on any atom is -0.423 e. The van der Waals surface area contributed by atoms with Gasteiger partial charge in [0, 0.05) is 31.8 Å². The van der Waals surface area contributed by atoms with Crippen LogP contribution in [0, 0.1) is 10.1 Å². The number of carbonyl (C=O) groups is 2.